The summed E-state index contributed by atoms with van der Waals surface area (Å²) >= 11 is 0. The second-order valence-electron chi connectivity index (χ2n) is 4.63. The highest BCUT2D eigenvalue weighted by molar-refractivity contribution is 5.96. The fourth-order valence-electron chi connectivity index (χ4n) is 2.08. The molecule has 0 aromatic heterocycles. The highest BCUT2D eigenvalue weighted by Crippen LogP contribution is 2.07. The van der Waals surface area contributed by atoms with Gasteiger partial charge in [-0.3, -0.25) is 4.79 Å². The molecule has 3 heteroatoms. The Morgan fingerprint density at radius 1 is 1.24 bits per heavy atom. The third-order valence-corrected chi connectivity index (χ3v) is 3.24. The molecule has 1 aliphatic rings. The van der Waals surface area contributed by atoms with Gasteiger partial charge in [0.15, 0.2) is 5.78 Å². The lowest BCUT2D eigenvalue weighted by atomic mass is 10.1. The third-order valence-electron chi connectivity index (χ3n) is 3.24. The lowest BCUT2D eigenvalue weighted by Crippen LogP contribution is -2.44. The maximum Gasteiger partial charge on any atom is 0.164 e. The van der Waals surface area contributed by atoms with Crippen LogP contribution in [0.25, 0.3) is 0 Å². The Labute approximate surface area is 103 Å². The molecule has 1 heterocycles. The van der Waals surface area contributed by atoms with Gasteiger partial charge in [-0.25, -0.2) is 0 Å². The van der Waals surface area contributed by atoms with Gasteiger partial charge in [-0.1, -0.05) is 29.8 Å². The smallest absolute Gasteiger partial charge is 0.164 e. The Morgan fingerprint density at radius 2 is 1.88 bits per heavy atom. The first-order chi connectivity index (χ1) is 8.25. The Kier molecular flexibility index (Phi) is 4.29. The molecule has 1 aromatic carbocycles. The van der Waals surface area contributed by atoms with Crippen molar-refractivity contribution < 1.29 is 4.79 Å². The molecule has 1 N–H and O–H groups in total. The van der Waals surface area contributed by atoms with Gasteiger partial charge < -0.3 is 10.2 Å². The lowest BCUT2D eigenvalue weighted by Gasteiger charge is -2.26. The molecule has 3 nitrogen and oxygen atoms in total. The molecule has 17 heavy (non-hydrogen) atoms. The summed E-state index contributed by atoms with van der Waals surface area (Å²) in [7, 11) is 0. The minimum Gasteiger partial charge on any atom is -0.314 e. The SMILES string of the molecule is Cc1ccc(C(=O)CCN2CCNCC2)cc1. The van der Waals surface area contributed by atoms with Crippen molar-refractivity contribution in [1.82, 2.24) is 10.2 Å². The summed E-state index contributed by atoms with van der Waals surface area (Å²) in [6.45, 7) is 7.11. The molecule has 1 fully saturated rings. The molecule has 2 rings (SSSR count). The zero-order valence-corrected chi connectivity index (χ0v) is 10.4. The van der Waals surface area contributed by atoms with Crippen molar-refractivity contribution in [2.45, 2.75) is 13.3 Å². The van der Waals surface area contributed by atoms with Gasteiger partial charge in [0.05, 0.1) is 0 Å². The number of piperazine rings is 1. The van der Waals surface area contributed by atoms with Gasteiger partial charge in [-0.05, 0) is 6.92 Å². The van der Waals surface area contributed by atoms with Crippen molar-refractivity contribution >= 4 is 5.78 Å². The minimum atomic E-state index is 0.253. The summed E-state index contributed by atoms with van der Waals surface area (Å²) in [4.78, 5) is 14.3. The van der Waals surface area contributed by atoms with Crippen LogP contribution in [0.4, 0.5) is 0 Å². The number of nitrogens with zero attached hydrogens (tertiary/aromatic N) is 1. The van der Waals surface area contributed by atoms with Crippen LogP contribution in [0.5, 0.6) is 0 Å². The van der Waals surface area contributed by atoms with Crippen LogP contribution < -0.4 is 5.32 Å². The fraction of sp³-hybridized carbons (Fsp3) is 0.500. The molecule has 0 atom stereocenters. The molecule has 0 aliphatic carbocycles. The number of benzene rings is 1. The molecule has 1 aliphatic heterocycles. The van der Waals surface area contributed by atoms with E-state index in [4.69, 9.17) is 0 Å². The van der Waals surface area contributed by atoms with E-state index in [2.05, 4.69) is 10.2 Å². The van der Waals surface area contributed by atoms with Crippen LogP contribution in [0.1, 0.15) is 22.3 Å². The molecule has 0 radical (unpaired) electrons. The molecule has 1 saturated heterocycles. The number of aryl methyl sites for hydroxylation is 1. The molecule has 0 bridgehead atoms. The Bertz CT molecular complexity index is 366. The zero-order chi connectivity index (χ0) is 12.1. The van der Waals surface area contributed by atoms with E-state index in [9.17, 15) is 4.79 Å². The Morgan fingerprint density at radius 3 is 2.53 bits per heavy atom. The number of rotatable bonds is 4. The Hall–Kier alpha value is -1.19. The number of nitrogens with one attached hydrogen (secondary N) is 1. The van der Waals surface area contributed by atoms with Crippen LogP contribution in [0.15, 0.2) is 24.3 Å². The number of carbonyl (C=O) groups is 1. The molecule has 0 unspecified atom stereocenters. The summed E-state index contributed by atoms with van der Waals surface area (Å²) in [5.41, 5.74) is 2.04. The second kappa shape index (κ2) is 5.94. The van der Waals surface area contributed by atoms with E-state index < -0.39 is 0 Å². The van der Waals surface area contributed by atoms with Crippen molar-refractivity contribution in [2.24, 2.45) is 0 Å². The maximum absolute atomic E-state index is 12.0. The highest BCUT2D eigenvalue weighted by atomic mass is 16.1. The largest absolute Gasteiger partial charge is 0.314 e. The van der Waals surface area contributed by atoms with Gasteiger partial charge in [0.2, 0.25) is 0 Å². The number of ketones is 1. The van der Waals surface area contributed by atoms with Gasteiger partial charge >= 0.3 is 0 Å². The van der Waals surface area contributed by atoms with E-state index in [0.717, 1.165) is 38.3 Å². The average molecular weight is 232 g/mol. The van der Waals surface area contributed by atoms with Crippen molar-refractivity contribution in [3.8, 4) is 0 Å². The minimum absolute atomic E-state index is 0.253. The number of hydrogen-bond acceptors (Lipinski definition) is 3. The zero-order valence-electron chi connectivity index (χ0n) is 10.4. The van der Waals surface area contributed by atoms with E-state index in [1.165, 1.54) is 5.56 Å². The van der Waals surface area contributed by atoms with Crippen LogP contribution in [0, 0.1) is 6.92 Å². The number of carbonyl (C=O) groups excluding carboxylic acids is 1. The summed E-state index contributed by atoms with van der Waals surface area (Å²) < 4.78 is 0. The third kappa shape index (κ3) is 3.65. The summed E-state index contributed by atoms with van der Waals surface area (Å²) in [5, 5.41) is 3.31. The molecular weight excluding hydrogens is 212 g/mol. The number of Topliss-reactive ketones (excluding diaryl/α,β-unsaturated/α-hetero) is 1. The van der Waals surface area contributed by atoms with E-state index >= 15 is 0 Å². The maximum atomic E-state index is 12.0. The van der Waals surface area contributed by atoms with Crippen molar-refractivity contribution in [2.75, 3.05) is 32.7 Å². The normalized spacial score (nSPS) is 17.0. The first-order valence-electron chi connectivity index (χ1n) is 6.28. The number of hydrogen-bond donors (Lipinski definition) is 1. The van der Waals surface area contributed by atoms with Gasteiger partial charge in [-0.2, -0.15) is 0 Å². The van der Waals surface area contributed by atoms with Gasteiger partial charge in [-0.15, -0.1) is 0 Å². The molecular formula is C14H20N2O. The van der Waals surface area contributed by atoms with Gasteiger partial charge in [0, 0.05) is 44.7 Å². The Balaban J connectivity index is 1.82. The van der Waals surface area contributed by atoms with Crippen LogP contribution in [-0.2, 0) is 0 Å². The quantitative estimate of drug-likeness (QED) is 0.798. The van der Waals surface area contributed by atoms with Crippen LogP contribution in [0.3, 0.4) is 0 Å². The van der Waals surface area contributed by atoms with E-state index in [0.29, 0.717) is 6.42 Å². The molecule has 0 spiro atoms. The molecule has 0 saturated carbocycles. The van der Waals surface area contributed by atoms with Crippen molar-refractivity contribution in [3.63, 3.8) is 0 Å². The predicted molar refractivity (Wildman–Crippen MR) is 69.4 cm³/mol. The fourth-order valence-corrected chi connectivity index (χ4v) is 2.08. The van der Waals surface area contributed by atoms with Gasteiger partial charge in [0.25, 0.3) is 0 Å². The van der Waals surface area contributed by atoms with E-state index in [1.807, 2.05) is 31.2 Å². The highest BCUT2D eigenvalue weighted by Gasteiger charge is 2.12. The topological polar surface area (TPSA) is 32.3 Å². The lowest BCUT2D eigenvalue weighted by molar-refractivity contribution is 0.0960. The summed E-state index contributed by atoms with van der Waals surface area (Å²) in [5.74, 6) is 0.253. The second-order valence-corrected chi connectivity index (χ2v) is 4.63. The monoisotopic (exact) mass is 232 g/mol. The molecule has 0 amide bonds. The molecule has 92 valence electrons. The standard InChI is InChI=1S/C14H20N2O/c1-12-2-4-13(5-3-12)14(17)6-9-16-10-7-15-8-11-16/h2-5,15H,6-11H2,1H3. The molecule has 1 aromatic rings. The first kappa shape index (κ1) is 12.3. The average Bonchev–Trinajstić information content (AvgIpc) is 2.38. The van der Waals surface area contributed by atoms with E-state index in [1.54, 1.807) is 0 Å². The predicted octanol–water partition coefficient (Wildman–Crippen LogP) is 1.47. The van der Waals surface area contributed by atoms with Crippen LogP contribution in [0.2, 0.25) is 0 Å². The van der Waals surface area contributed by atoms with Crippen molar-refractivity contribution in [1.29, 1.82) is 0 Å². The first-order valence-corrected chi connectivity index (χ1v) is 6.28. The van der Waals surface area contributed by atoms with Crippen LogP contribution >= 0.6 is 0 Å². The van der Waals surface area contributed by atoms with Crippen LogP contribution in [-0.4, -0.2) is 43.4 Å². The van der Waals surface area contributed by atoms with Gasteiger partial charge in [0.1, 0.15) is 0 Å². The van der Waals surface area contributed by atoms with E-state index in [-0.39, 0.29) is 5.78 Å². The van der Waals surface area contributed by atoms with Crippen molar-refractivity contribution in [3.05, 3.63) is 35.4 Å². The summed E-state index contributed by atoms with van der Waals surface area (Å²) in [6.07, 6.45) is 0.628. The summed E-state index contributed by atoms with van der Waals surface area (Å²) in [6, 6.07) is 7.85.